The molecule has 0 fully saturated rings. The minimum absolute atomic E-state index is 0.640. The topological polar surface area (TPSA) is 60.6 Å². The summed E-state index contributed by atoms with van der Waals surface area (Å²) in [7, 11) is 0. The highest BCUT2D eigenvalue weighted by molar-refractivity contribution is 5.15. The van der Waals surface area contributed by atoms with Gasteiger partial charge in [-0.1, -0.05) is 30.3 Å². The lowest BCUT2D eigenvalue weighted by Gasteiger charge is -2.24. The van der Waals surface area contributed by atoms with Gasteiger partial charge >= 0.3 is 0 Å². The second-order valence-electron chi connectivity index (χ2n) is 6.84. The van der Waals surface area contributed by atoms with Crippen LogP contribution in [0.25, 0.3) is 0 Å². The van der Waals surface area contributed by atoms with Gasteiger partial charge in [0, 0.05) is 31.3 Å². The van der Waals surface area contributed by atoms with Crippen LogP contribution in [0.5, 0.6) is 0 Å². The van der Waals surface area contributed by atoms with E-state index >= 15 is 0 Å². The Morgan fingerprint density at radius 3 is 2.92 bits per heavy atom. The SMILES string of the molecule is Cc1nnc2n1CC(CNCc1cnn(Cc3ccccc3)c1)CC2. The molecule has 0 aliphatic carbocycles. The smallest absolute Gasteiger partial charge is 0.133 e. The molecule has 1 aromatic carbocycles. The fourth-order valence-corrected chi connectivity index (χ4v) is 3.47. The minimum Gasteiger partial charge on any atom is -0.315 e. The summed E-state index contributed by atoms with van der Waals surface area (Å²) < 4.78 is 4.26. The molecule has 6 nitrogen and oxygen atoms in total. The van der Waals surface area contributed by atoms with Gasteiger partial charge in [0.2, 0.25) is 0 Å². The number of aromatic nitrogens is 5. The third kappa shape index (κ3) is 3.79. The molecule has 4 rings (SSSR count). The van der Waals surface area contributed by atoms with Crippen LogP contribution in [0.2, 0.25) is 0 Å². The van der Waals surface area contributed by atoms with E-state index in [1.54, 1.807) is 0 Å². The molecule has 1 aliphatic heterocycles. The number of hydrogen-bond donors (Lipinski definition) is 1. The summed E-state index contributed by atoms with van der Waals surface area (Å²) in [6.07, 6.45) is 6.29. The second-order valence-corrected chi connectivity index (χ2v) is 6.84. The number of benzene rings is 1. The van der Waals surface area contributed by atoms with Crippen molar-refractivity contribution < 1.29 is 0 Å². The Morgan fingerprint density at radius 2 is 2.04 bits per heavy atom. The maximum Gasteiger partial charge on any atom is 0.133 e. The van der Waals surface area contributed by atoms with Gasteiger partial charge in [-0.15, -0.1) is 10.2 Å². The zero-order valence-electron chi connectivity index (χ0n) is 14.6. The molecular formula is C19H24N6. The molecule has 1 atom stereocenters. The molecule has 3 heterocycles. The first-order chi connectivity index (χ1) is 12.3. The molecule has 0 radical (unpaired) electrons. The molecule has 1 aliphatic rings. The molecule has 0 saturated carbocycles. The number of fused-ring (bicyclic) bond motifs is 1. The first-order valence-electron chi connectivity index (χ1n) is 8.92. The van der Waals surface area contributed by atoms with Crippen LogP contribution in [-0.2, 0) is 26.1 Å². The van der Waals surface area contributed by atoms with Crippen molar-refractivity contribution in [3.05, 3.63) is 65.5 Å². The number of nitrogens with one attached hydrogen (secondary N) is 1. The first-order valence-corrected chi connectivity index (χ1v) is 8.92. The Balaban J connectivity index is 1.26. The fraction of sp³-hybridized carbons (Fsp3) is 0.421. The lowest BCUT2D eigenvalue weighted by Crippen LogP contribution is -2.30. The average Bonchev–Trinajstić information content (AvgIpc) is 3.23. The highest BCUT2D eigenvalue weighted by Crippen LogP contribution is 2.19. The van der Waals surface area contributed by atoms with Gasteiger partial charge in [0.15, 0.2) is 0 Å². The summed E-state index contributed by atoms with van der Waals surface area (Å²) in [4.78, 5) is 0. The average molecular weight is 336 g/mol. The Hall–Kier alpha value is -2.47. The third-order valence-electron chi connectivity index (χ3n) is 4.87. The van der Waals surface area contributed by atoms with Gasteiger partial charge < -0.3 is 9.88 Å². The predicted molar refractivity (Wildman–Crippen MR) is 96.0 cm³/mol. The predicted octanol–water partition coefficient (Wildman–Crippen LogP) is 2.18. The molecule has 130 valence electrons. The number of rotatable bonds is 6. The van der Waals surface area contributed by atoms with E-state index in [-0.39, 0.29) is 0 Å². The van der Waals surface area contributed by atoms with Crippen LogP contribution in [0, 0.1) is 12.8 Å². The second kappa shape index (κ2) is 7.19. The van der Waals surface area contributed by atoms with E-state index in [4.69, 9.17) is 0 Å². The molecule has 1 unspecified atom stereocenters. The molecule has 3 aromatic rings. The summed E-state index contributed by atoms with van der Waals surface area (Å²) in [6.45, 7) is 5.75. The Kier molecular flexibility index (Phi) is 4.61. The van der Waals surface area contributed by atoms with Crippen molar-refractivity contribution in [1.29, 1.82) is 0 Å². The maximum absolute atomic E-state index is 4.47. The van der Waals surface area contributed by atoms with E-state index < -0.39 is 0 Å². The largest absolute Gasteiger partial charge is 0.315 e. The van der Waals surface area contributed by atoms with Crippen molar-refractivity contribution in [2.75, 3.05) is 6.54 Å². The van der Waals surface area contributed by atoms with E-state index in [1.165, 1.54) is 17.5 Å². The van der Waals surface area contributed by atoms with E-state index in [2.05, 4.69) is 55.6 Å². The fourth-order valence-electron chi connectivity index (χ4n) is 3.47. The van der Waals surface area contributed by atoms with E-state index in [1.807, 2.05) is 23.9 Å². The molecule has 0 saturated heterocycles. The number of aryl methyl sites for hydroxylation is 2. The highest BCUT2D eigenvalue weighted by Gasteiger charge is 2.21. The van der Waals surface area contributed by atoms with Gasteiger partial charge in [-0.25, -0.2) is 0 Å². The minimum atomic E-state index is 0.640. The zero-order valence-corrected chi connectivity index (χ0v) is 14.6. The van der Waals surface area contributed by atoms with Crippen molar-refractivity contribution in [1.82, 2.24) is 29.9 Å². The number of hydrogen-bond acceptors (Lipinski definition) is 4. The molecule has 0 spiro atoms. The van der Waals surface area contributed by atoms with E-state index in [0.29, 0.717) is 5.92 Å². The van der Waals surface area contributed by atoms with Crippen molar-refractivity contribution in [3.63, 3.8) is 0 Å². The molecule has 0 bridgehead atoms. The third-order valence-corrected chi connectivity index (χ3v) is 4.87. The summed E-state index contributed by atoms with van der Waals surface area (Å²) in [5.41, 5.74) is 2.50. The zero-order chi connectivity index (χ0) is 17.1. The maximum atomic E-state index is 4.47. The lowest BCUT2D eigenvalue weighted by atomic mass is 9.99. The number of nitrogens with zero attached hydrogens (tertiary/aromatic N) is 5. The first kappa shape index (κ1) is 16.0. The van der Waals surface area contributed by atoms with Crippen molar-refractivity contribution in [2.24, 2.45) is 5.92 Å². The quantitative estimate of drug-likeness (QED) is 0.749. The molecule has 25 heavy (non-hydrogen) atoms. The monoisotopic (exact) mass is 336 g/mol. The van der Waals surface area contributed by atoms with Crippen molar-refractivity contribution in [2.45, 2.75) is 39.4 Å². The Labute approximate surface area is 147 Å². The summed E-state index contributed by atoms with van der Waals surface area (Å²) in [5, 5.41) is 16.5. The van der Waals surface area contributed by atoms with Gasteiger partial charge in [-0.2, -0.15) is 5.10 Å². The van der Waals surface area contributed by atoms with Gasteiger partial charge in [-0.3, -0.25) is 4.68 Å². The molecular weight excluding hydrogens is 312 g/mol. The van der Waals surface area contributed by atoms with Gasteiger partial charge in [-0.05, 0) is 31.4 Å². The van der Waals surface area contributed by atoms with Crippen LogP contribution in [0.1, 0.15) is 29.2 Å². The van der Waals surface area contributed by atoms with Gasteiger partial charge in [0.05, 0.1) is 12.7 Å². The normalized spacial score (nSPS) is 16.8. The van der Waals surface area contributed by atoms with Crippen molar-refractivity contribution in [3.8, 4) is 0 Å². The summed E-state index contributed by atoms with van der Waals surface area (Å²) >= 11 is 0. The van der Waals surface area contributed by atoms with E-state index in [9.17, 15) is 0 Å². The molecule has 0 amide bonds. The Morgan fingerprint density at radius 1 is 1.16 bits per heavy atom. The standard InChI is InChI=1S/C19H24N6/c1-15-22-23-19-8-7-17(14-25(15)19)9-20-10-18-11-21-24(13-18)12-16-5-3-2-4-6-16/h2-6,11,13,17,20H,7-10,12,14H2,1H3. The highest BCUT2D eigenvalue weighted by atomic mass is 15.3. The van der Waals surface area contributed by atoms with Crippen molar-refractivity contribution >= 4 is 0 Å². The van der Waals surface area contributed by atoms with Gasteiger partial charge in [0.1, 0.15) is 11.6 Å². The molecule has 2 aromatic heterocycles. The van der Waals surface area contributed by atoms with Crippen LogP contribution in [-0.4, -0.2) is 31.1 Å². The van der Waals surface area contributed by atoms with Crippen LogP contribution in [0.4, 0.5) is 0 Å². The van der Waals surface area contributed by atoms with Crippen LogP contribution >= 0.6 is 0 Å². The lowest BCUT2D eigenvalue weighted by molar-refractivity contribution is 0.344. The molecule has 1 N–H and O–H groups in total. The van der Waals surface area contributed by atoms with Gasteiger partial charge in [0.25, 0.3) is 0 Å². The van der Waals surface area contributed by atoms with E-state index in [0.717, 1.165) is 44.2 Å². The summed E-state index contributed by atoms with van der Waals surface area (Å²) in [5.74, 6) is 2.80. The Bertz CT molecular complexity index is 820. The van der Waals surface area contributed by atoms with Crippen LogP contribution in [0.3, 0.4) is 0 Å². The summed E-state index contributed by atoms with van der Waals surface area (Å²) in [6, 6.07) is 10.4. The van der Waals surface area contributed by atoms with Crippen LogP contribution < -0.4 is 5.32 Å². The van der Waals surface area contributed by atoms with Crippen LogP contribution in [0.15, 0.2) is 42.7 Å². The molecule has 6 heteroatoms.